The Kier molecular flexibility index (Phi) is 6.82. The van der Waals surface area contributed by atoms with Gasteiger partial charge in [-0.25, -0.2) is 15.0 Å². The Morgan fingerprint density at radius 1 is 0.390 bits per heavy atom. The molecular formula is C53H30N4OS. The van der Waals surface area contributed by atoms with Crippen LogP contribution in [0.2, 0.25) is 0 Å². The number of thiophene rings is 1. The lowest BCUT2D eigenvalue weighted by Gasteiger charge is -2.13. The quantitative estimate of drug-likeness (QED) is 0.179. The van der Waals surface area contributed by atoms with Gasteiger partial charge in [0.1, 0.15) is 11.2 Å². The maximum Gasteiger partial charge on any atom is 0.164 e. The summed E-state index contributed by atoms with van der Waals surface area (Å²) in [4.78, 5) is 15.9. The normalized spacial score (nSPS) is 12.1. The number of nitrogens with zero attached hydrogens (tertiary/aromatic N) is 4. The van der Waals surface area contributed by atoms with E-state index in [0.29, 0.717) is 17.5 Å². The van der Waals surface area contributed by atoms with Crippen LogP contribution in [0.25, 0.3) is 125 Å². The van der Waals surface area contributed by atoms with Crippen molar-refractivity contribution in [2.75, 3.05) is 0 Å². The van der Waals surface area contributed by atoms with Gasteiger partial charge in [0.2, 0.25) is 0 Å². The second-order valence-corrected chi connectivity index (χ2v) is 16.3. The van der Waals surface area contributed by atoms with Crippen molar-refractivity contribution in [2.45, 2.75) is 0 Å². The summed E-state index contributed by atoms with van der Waals surface area (Å²) in [6.45, 7) is 0. The molecule has 0 atom stereocenters. The second-order valence-electron chi connectivity index (χ2n) is 15.2. The highest BCUT2D eigenvalue weighted by Crippen LogP contribution is 2.43. The van der Waals surface area contributed by atoms with Crippen molar-refractivity contribution in [3.05, 3.63) is 182 Å². The van der Waals surface area contributed by atoms with Gasteiger partial charge in [-0.1, -0.05) is 127 Å². The van der Waals surface area contributed by atoms with Crippen LogP contribution in [0.5, 0.6) is 0 Å². The first-order valence-electron chi connectivity index (χ1n) is 19.8. The van der Waals surface area contributed by atoms with E-state index in [2.05, 4.69) is 168 Å². The van der Waals surface area contributed by atoms with Gasteiger partial charge in [-0.05, 0) is 70.1 Å². The second kappa shape index (κ2) is 12.4. The number of aromatic nitrogens is 4. The van der Waals surface area contributed by atoms with E-state index in [1.54, 1.807) is 11.3 Å². The fourth-order valence-corrected chi connectivity index (χ4v) is 10.2. The van der Waals surface area contributed by atoms with E-state index in [0.717, 1.165) is 66.1 Å². The summed E-state index contributed by atoms with van der Waals surface area (Å²) in [5.41, 5.74) is 7.52. The summed E-state index contributed by atoms with van der Waals surface area (Å²) >= 11 is 1.79. The number of rotatable bonds is 4. The predicted octanol–water partition coefficient (Wildman–Crippen LogP) is 14.5. The maximum atomic E-state index is 6.88. The molecule has 0 N–H and O–H groups in total. The van der Waals surface area contributed by atoms with Gasteiger partial charge in [0, 0.05) is 64.5 Å². The lowest BCUT2D eigenvalue weighted by Crippen LogP contribution is -2.01. The third kappa shape index (κ3) is 5.00. The van der Waals surface area contributed by atoms with Gasteiger partial charge in [-0.3, -0.25) is 0 Å². The molecule has 4 aromatic heterocycles. The van der Waals surface area contributed by atoms with Crippen molar-refractivity contribution < 1.29 is 4.42 Å². The number of hydrogen-bond donors (Lipinski definition) is 0. The molecule has 59 heavy (non-hydrogen) atoms. The van der Waals surface area contributed by atoms with E-state index in [9.17, 15) is 0 Å². The van der Waals surface area contributed by atoms with E-state index < -0.39 is 0 Å². The highest BCUT2D eigenvalue weighted by Gasteiger charge is 2.22. The molecule has 13 aromatic rings. The van der Waals surface area contributed by atoms with Crippen molar-refractivity contribution in [3.8, 4) is 39.9 Å². The summed E-state index contributed by atoms with van der Waals surface area (Å²) in [5.74, 6) is 1.81. The SMILES string of the molecule is c1ccc(-c2nc(-c3ccc4c(c3)sc3ccccc34)nc(-c3cc(-n4c5ccccc5c5cc6ccccc6cc54)cc4oc5cc6ccccc6cc5c34)n2)cc1. The van der Waals surface area contributed by atoms with Crippen LogP contribution in [0.3, 0.4) is 0 Å². The molecule has 6 heteroatoms. The largest absolute Gasteiger partial charge is 0.456 e. The van der Waals surface area contributed by atoms with Gasteiger partial charge in [0.25, 0.3) is 0 Å². The molecule has 13 rings (SSSR count). The summed E-state index contributed by atoms with van der Waals surface area (Å²) in [5, 5.41) is 11.5. The average Bonchev–Trinajstić information content (AvgIpc) is 3.95. The molecule has 0 bridgehead atoms. The molecule has 0 aliphatic heterocycles. The smallest absolute Gasteiger partial charge is 0.164 e. The minimum absolute atomic E-state index is 0.583. The van der Waals surface area contributed by atoms with E-state index in [4.69, 9.17) is 19.4 Å². The van der Waals surface area contributed by atoms with Crippen LogP contribution in [0.1, 0.15) is 0 Å². The number of hydrogen-bond acceptors (Lipinski definition) is 5. The Balaban J connectivity index is 1.13. The molecular weight excluding hydrogens is 741 g/mol. The highest BCUT2D eigenvalue weighted by molar-refractivity contribution is 7.25. The molecule has 0 unspecified atom stereocenters. The summed E-state index contributed by atoms with van der Waals surface area (Å²) in [7, 11) is 0. The van der Waals surface area contributed by atoms with Crippen molar-refractivity contribution in [1.82, 2.24) is 19.5 Å². The van der Waals surface area contributed by atoms with E-state index in [1.807, 2.05) is 18.2 Å². The van der Waals surface area contributed by atoms with Gasteiger partial charge in [0.05, 0.1) is 16.7 Å². The van der Waals surface area contributed by atoms with Crippen LogP contribution in [0, 0.1) is 0 Å². The minimum Gasteiger partial charge on any atom is -0.456 e. The average molecular weight is 771 g/mol. The zero-order valence-electron chi connectivity index (χ0n) is 31.4. The van der Waals surface area contributed by atoms with Crippen LogP contribution in [0.4, 0.5) is 0 Å². The van der Waals surface area contributed by atoms with E-state index in [1.165, 1.54) is 41.7 Å². The van der Waals surface area contributed by atoms with Crippen LogP contribution >= 0.6 is 11.3 Å². The molecule has 274 valence electrons. The molecule has 9 aromatic carbocycles. The Labute approximate surface area is 341 Å². The number of fused-ring (bicyclic) bond motifs is 11. The Hall–Kier alpha value is -7.67. The molecule has 4 heterocycles. The molecule has 0 aliphatic carbocycles. The number of furan rings is 1. The number of para-hydroxylation sites is 1. The van der Waals surface area contributed by atoms with Gasteiger partial charge in [0.15, 0.2) is 17.5 Å². The monoisotopic (exact) mass is 770 g/mol. The van der Waals surface area contributed by atoms with Crippen molar-refractivity contribution in [2.24, 2.45) is 0 Å². The number of benzene rings is 9. The topological polar surface area (TPSA) is 56.7 Å². The van der Waals surface area contributed by atoms with Gasteiger partial charge in [-0.2, -0.15) is 0 Å². The first-order chi connectivity index (χ1) is 29.2. The molecule has 0 fully saturated rings. The fourth-order valence-electron chi connectivity index (χ4n) is 9.02. The van der Waals surface area contributed by atoms with Crippen LogP contribution in [0.15, 0.2) is 186 Å². The summed E-state index contributed by atoms with van der Waals surface area (Å²) in [6.07, 6.45) is 0. The third-order valence-corrected chi connectivity index (χ3v) is 12.9. The Morgan fingerprint density at radius 3 is 1.83 bits per heavy atom. The van der Waals surface area contributed by atoms with Crippen LogP contribution in [-0.2, 0) is 0 Å². The molecule has 0 radical (unpaired) electrons. The standard InChI is InChI=1S/C53H30N4OS/c1-2-12-31(13-3-1)51-54-52(36-22-23-40-39-19-9-11-21-48(39)59-49(40)28-36)56-53(55-51)43-29-37(30-47-50(43)42-25-33-15-5-7-17-35(33)27-46(42)58-47)57-44-20-10-8-18-38(44)41-24-32-14-4-6-16-34(32)26-45(41)57/h1-30H. The molecule has 0 saturated heterocycles. The maximum absolute atomic E-state index is 6.88. The lowest BCUT2D eigenvalue weighted by atomic mass is 10.0. The fraction of sp³-hybridized carbons (Fsp3) is 0. The molecule has 0 spiro atoms. The molecule has 0 saturated carbocycles. The van der Waals surface area contributed by atoms with Crippen molar-refractivity contribution >= 4 is 96.8 Å². The van der Waals surface area contributed by atoms with Gasteiger partial charge < -0.3 is 8.98 Å². The summed E-state index contributed by atoms with van der Waals surface area (Å²) in [6, 6.07) is 64.4. The third-order valence-electron chi connectivity index (χ3n) is 11.8. The lowest BCUT2D eigenvalue weighted by molar-refractivity contribution is 0.669. The van der Waals surface area contributed by atoms with Crippen LogP contribution in [-0.4, -0.2) is 19.5 Å². The van der Waals surface area contributed by atoms with E-state index in [-0.39, 0.29) is 0 Å². The Bertz CT molecular complexity index is 3860. The predicted molar refractivity (Wildman–Crippen MR) is 246 cm³/mol. The highest BCUT2D eigenvalue weighted by atomic mass is 32.1. The molecule has 5 nitrogen and oxygen atoms in total. The molecule has 0 aliphatic rings. The van der Waals surface area contributed by atoms with Gasteiger partial charge in [-0.15, -0.1) is 11.3 Å². The summed E-state index contributed by atoms with van der Waals surface area (Å²) < 4.78 is 11.7. The van der Waals surface area contributed by atoms with Crippen molar-refractivity contribution in [3.63, 3.8) is 0 Å². The van der Waals surface area contributed by atoms with Gasteiger partial charge >= 0.3 is 0 Å². The van der Waals surface area contributed by atoms with Crippen molar-refractivity contribution in [1.29, 1.82) is 0 Å². The molecule has 0 amide bonds. The minimum atomic E-state index is 0.583. The zero-order chi connectivity index (χ0) is 38.6. The van der Waals surface area contributed by atoms with Crippen LogP contribution < -0.4 is 0 Å². The first-order valence-corrected chi connectivity index (χ1v) is 20.6. The van der Waals surface area contributed by atoms with E-state index >= 15 is 0 Å². The first kappa shape index (κ1) is 32.4. The Morgan fingerprint density at radius 2 is 1.02 bits per heavy atom. The zero-order valence-corrected chi connectivity index (χ0v) is 32.2.